The van der Waals surface area contributed by atoms with Gasteiger partial charge in [-0.1, -0.05) is 0 Å². The molecule has 110 valence electrons. The van der Waals surface area contributed by atoms with E-state index in [2.05, 4.69) is 5.32 Å². The molecule has 0 aliphatic rings. The third kappa shape index (κ3) is 3.80. The number of hydrogen-bond donors (Lipinski definition) is 1. The van der Waals surface area contributed by atoms with Crippen LogP contribution in [0.15, 0.2) is 12.1 Å². The normalized spacial score (nSPS) is 9.80. The summed E-state index contributed by atoms with van der Waals surface area (Å²) >= 11 is 1.38. The minimum Gasteiger partial charge on any atom is -0.493 e. The SMILES string of the molecule is COC(=O)c1cc(OC)c(OC)cc1NC(=O)CSC. The van der Waals surface area contributed by atoms with Crippen molar-refractivity contribution in [1.29, 1.82) is 0 Å². The third-order valence-corrected chi connectivity index (χ3v) is 3.03. The van der Waals surface area contributed by atoms with Gasteiger partial charge in [-0.2, -0.15) is 11.8 Å². The summed E-state index contributed by atoms with van der Waals surface area (Å²) in [6.45, 7) is 0. The number of ether oxygens (including phenoxy) is 3. The van der Waals surface area contributed by atoms with Gasteiger partial charge in [0, 0.05) is 12.1 Å². The molecular formula is C13H17NO5S. The molecule has 7 heteroatoms. The predicted molar refractivity (Wildman–Crippen MR) is 77.9 cm³/mol. The summed E-state index contributed by atoms with van der Waals surface area (Å²) in [6.07, 6.45) is 1.81. The predicted octanol–water partition coefficient (Wildman–Crippen LogP) is 1.79. The number of thioether (sulfide) groups is 1. The maximum absolute atomic E-state index is 11.8. The van der Waals surface area contributed by atoms with Crippen molar-refractivity contribution < 1.29 is 23.8 Å². The number of amides is 1. The van der Waals surface area contributed by atoms with Gasteiger partial charge in [0.15, 0.2) is 11.5 Å². The van der Waals surface area contributed by atoms with Crippen molar-refractivity contribution in [3.63, 3.8) is 0 Å². The largest absolute Gasteiger partial charge is 0.493 e. The van der Waals surface area contributed by atoms with E-state index in [0.717, 1.165) is 0 Å². The summed E-state index contributed by atoms with van der Waals surface area (Å²) in [5, 5.41) is 2.66. The van der Waals surface area contributed by atoms with Crippen LogP contribution in [0.5, 0.6) is 11.5 Å². The van der Waals surface area contributed by atoms with E-state index in [9.17, 15) is 9.59 Å². The van der Waals surface area contributed by atoms with E-state index in [-0.39, 0.29) is 17.2 Å². The Morgan fingerprint density at radius 2 is 1.75 bits per heavy atom. The molecule has 0 aromatic heterocycles. The first-order valence-electron chi connectivity index (χ1n) is 5.70. The van der Waals surface area contributed by atoms with Crippen LogP contribution in [-0.2, 0) is 9.53 Å². The highest BCUT2D eigenvalue weighted by atomic mass is 32.2. The van der Waals surface area contributed by atoms with E-state index in [1.54, 1.807) is 0 Å². The minimum absolute atomic E-state index is 0.208. The fourth-order valence-corrected chi connectivity index (χ4v) is 1.91. The Kier molecular flexibility index (Phi) is 6.17. The number of esters is 1. The Labute approximate surface area is 121 Å². The summed E-state index contributed by atoms with van der Waals surface area (Å²) in [4.78, 5) is 23.4. The van der Waals surface area contributed by atoms with Crippen molar-refractivity contribution in [1.82, 2.24) is 0 Å². The van der Waals surface area contributed by atoms with Gasteiger partial charge in [-0.3, -0.25) is 4.79 Å². The Morgan fingerprint density at radius 3 is 2.25 bits per heavy atom. The highest BCUT2D eigenvalue weighted by molar-refractivity contribution is 7.99. The van der Waals surface area contributed by atoms with Crippen molar-refractivity contribution in [2.45, 2.75) is 0 Å². The van der Waals surface area contributed by atoms with Crippen LogP contribution in [-0.4, -0.2) is 45.2 Å². The highest BCUT2D eigenvalue weighted by Crippen LogP contribution is 2.33. The maximum Gasteiger partial charge on any atom is 0.340 e. The number of hydrogen-bond acceptors (Lipinski definition) is 6. The zero-order valence-electron chi connectivity index (χ0n) is 11.8. The lowest BCUT2D eigenvalue weighted by molar-refractivity contribution is -0.113. The van der Waals surface area contributed by atoms with Crippen molar-refractivity contribution in [2.24, 2.45) is 0 Å². The monoisotopic (exact) mass is 299 g/mol. The standard InChI is InChI=1S/C13H17NO5S/c1-17-10-5-8(13(16)19-3)9(6-11(10)18-2)14-12(15)7-20-4/h5-6H,7H2,1-4H3,(H,14,15). The molecule has 1 amide bonds. The molecule has 1 N–H and O–H groups in total. The fraction of sp³-hybridized carbons (Fsp3) is 0.385. The van der Waals surface area contributed by atoms with Gasteiger partial charge in [-0.25, -0.2) is 4.79 Å². The Bertz CT molecular complexity index is 504. The van der Waals surface area contributed by atoms with E-state index >= 15 is 0 Å². The molecule has 0 aliphatic carbocycles. The molecule has 0 fully saturated rings. The molecule has 20 heavy (non-hydrogen) atoms. The summed E-state index contributed by atoms with van der Waals surface area (Å²) < 4.78 is 15.0. The molecule has 0 spiro atoms. The topological polar surface area (TPSA) is 73.9 Å². The number of anilines is 1. The first-order chi connectivity index (χ1) is 9.57. The van der Waals surface area contributed by atoms with Gasteiger partial charge in [-0.15, -0.1) is 0 Å². The van der Waals surface area contributed by atoms with E-state index < -0.39 is 5.97 Å². The van der Waals surface area contributed by atoms with Crippen LogP contribution < -0.4 is 14.8 Å². The van der Waals surface area contributed by atoms with Crippen molar-refractivity contribution in [3.8, 4) is 11.5 Å². The minimum atomic E-state index is -0.564. The number of benzene rings is 1. The average Bonchev–Trinajstić information content (AvgIpc) is 2.46. The molecule has 0 heterocycles. The summed E-state index contributed by atoms with van der Waals surface area (Å²) in [5.41, 5.74) is 0.535. The van der Waals surface area contributed by atoms with Crippen LogP contribution in [0.2, 0.25) is 0 Å². The summed E-state index contributed by atoms with van der Waals surface area (Å²) in [6, 6.07) is 3.00. The Hall–Kier alpha value is -1.89. The van der Waals surface area contributed by atoms with Crippen LogP contribution in [0, 0.1) is 0 Å². The molecule has 0 saturated carbocycles. The number of methoxy groups -OCH3 is 3. The molecular weight excluding hydrogens is 282 g/mol. The molecule has 1 aromatic carbocycles. The third-order valence-electron chi connectivity index (χ3n) is 2.48. The zero-order chi connectivity index (χ0) is 15.1. The second-order valence-electron chi connectivity index (χ2n) is 3.73. The number of rotatable bonds is 6. The van der Waals surface area contributed by atoms with Crippen LogP contribution >= 0.6 is 11.8 Å². The quantitative estimate of drug-likeness (QED) is 0.807. The van der Waals surface area contributed by atoms with Crippen LogP contribution in [0.25, 0.3) is 0 Å². The fourth-order valence-electron chi connectivity index (χ4n) is 1.58. The van der Waals surface area contributed by atoms with Gasteiger partial charge in [0.25, 0.3) is 0 Å². The number of carbonyl (C=O) groups is 2. The Morgan fingerprint density at radius 1 is 1.15 bits per heavy atom. The first-order valence-corrected chi connectivity index (χ1v) is 7.09. The van der Waals surface area contributed by atoms with E-state index in [0.29, 0.717) is 17.2 Å². The first kappa shape index (κ1) is 16.2. The van der Waals surface area contributed by atoms with Gasteiger partial charge in [0.1, 0.15) is 0 Å². The zero-order valence-corrected chi connectivity index (χ0v) is 12.6. The van der Waals surface area contributed by atoms with Gasteiger partial charge >= 0.3 is 5.97 Å². The molecule has 6 nitrogen and oxygen atoms in total. The van der Waals surface area contributed by atoms with E-state index in [4.69, 9.17) is 14.2 Å². The molecule has 0 unspecified atom stereocenters. The van der Waals surface area contributed by atoms with Crippen LogP contribution in [0.3, 0.4) is 0 Å². The molecule has 1 rings (SSSR count). The van der Waals surface area contributed by atoms with Crippen molar-refractivity contribution in [2.75, 3.05) is 38.7 Å². The average molecular weight is 299 g/mol. The molecule has 0 bridgehead atoms. The highest BCUT2D eigenvalue weighted by Gasteiger charge is 2.18. The molecule has 0 aliphatic heterocycles. The van der Waals surface area contributed by atoms with Crippen LogP contribution in [0.4, 0.5) is 5.69 Å². The number of carbonyl (C=O) groups excluding carboxylic acids is 2. The molecule has 0 saturated heterocycles. The smallest absolute Gasteiger partial charge is 0.340 e. The van der Waals surface area contributed by atoms with Crippen molar-refractivity contribution >= 4 is 29.3 Å². The van der Waals surface area contributed by atoms with Gasteiger partial charge in [0.2, 0.25) is 5.91 Å². The van der Waals surface area contributed by atoms with Gasteiger partial charge in [0.05, 0.1) is 38.3 Å². The second-order valence-corrected chi connectivity index (χ2v) is 4.59. The lowest BCUT2D eigenvalue weighted by Gasteiger charge is -2.14. The molecule has 1 aromatic rings. The van der Waals surface area contributed by atoms with Crippen molar-refractivity contribution in [3.05, 3.63) is 17.7 Å². The lowest BCUT2D eigenvalue weighted by atomic mass is 10.1. The number of nitrogens with one attached hydrogen (secondary N) is 1. The molecule has 0 radical (unpaired) electrons. The summed E-state index contributed by atoms with van der Waals surface area (Å²) in [7, 11) is 4.21. The maximum atomic E-state index is 11.8. The Balaban J connectivity index is 3.23. The van der Waals surface area contributed by atoms with Gasteiger partial charge in [-0.05, 0) is 6.26 Å². The summed E-state index contributed by atoms with van der Waals surface area (Å²) in [5.74, 6) is 0.310. The van der Waals surface area contributed by atoms with Crippen LogP contribution in [0.1, 0.15) is 10.4 Å². The molecule has 0 atom stereocenters. The lowest BCUT2D eigenvalue weighted by Crippen LogP contribution is -2.17. The van der Waals surface area contributed by atoms with E-state index in [1.165, 1.54) is 45.2 Å². The van der Waals surface area contributed by atoms with Gasteiger partial charge < -0.3 is 19.5 Å². The second kappa shape index (κ2) is 7.64. The van der Waals surface area contributed by atoms with E-state index in [1.807, 2.05) is 6.26 Å².